The van der Waals surface area contributed by atoms with E-state index in [2.05, 4.69) is 26.1 Å². The molecule has 1 heterocycles. The van der Waals surface area contributed by atoms with Crippen molar-refractivity contribution in [2.24, 2.45) is 0 Å². The number of nitrogens with one attached hydrogen (secondary N) is 1. The molecule has 0 saturated carbocycles. The van der Waals surface area contributed by atoms with Crippen LogP contribution in [0.5, 0.6) is 0 Å². The number of hydrogen-bond donors (Lipinski definition) is 1. The number of carbonyl (C=O) groups is 1. The van der Waals surface area contributed by atoms with E-state index in [9.17, 15) is 4.79 Å². The van der Waals surface area contributed by atoms with Crippen LogP contribution in [0.1, 0.15) is 57.8 Å². The monoisotopic (exact) mass is 457 g/mol. The van der Waals surface area contributed by atoms with Crippen molar-refractivity contribution in [3.05, 3.63) is 118 Å². The molecule has 4 rings (SSSR count). The van der Waals surface area contributed by atoms with Crippen molar-refractivity contribution in [1.82, 2.24) is 15.1 Å². The van der Waals surface area contributed by atoms with Gasteiger partial charge in [0.15, 0.2) is 0 Å². The van der Waals surface area contributed by atoms with Gasteiger partial charge in [0, 0.05) is 16.3 Å². The summed E-state index contributed by atoms with van der Waals surface area (Å²) in [4.78, 5) is 13.2. The predicted octanol–water partition coefficient (Wildman–Crippen LogP) is 6.61. The summed E-state index contributed by atoms with van der Waals surface area (Å²) in [5, 5.41) is 8.56. The molecule has 1 amide bonds. The quantitative estimate of drug-likeness (QED) is 0.339. The fourth-order valence-electron chi connectivity index (χ4n) is 4.17. The minimum Gasteiger partial charge on any atom is -0.341 e. The molecule has 1 unspecified atom stereocenters. The number of aromatic nitrogens is 2. The third kappa shape index (κ3) is 5.01. The van der Waals surface area contributed by atoms with Crippen LogP contribution < -0.4 is 5.32 Å². The molecular weight excluding hydrogens is 430 g/mol. The van der Waals surface area contributed by atoms with E-state index in [0.29, 0.717) is 10.6 Å². The average molecular weight is 458 g/mol. The summed E-state index contributed by atoms with van der Waals surface area (Å²) in [5.74, 6) is -0.134. The first kappa shape index (κ1) is 22.8. The Hall–Kier alpha value is -3.37. The van der Waals surface area contributed by atoms with Crippen molar-refractivity contribution >= 4 is 17.5 Å². The molecule has 4 nitrogen and oxygen atoms in total. The van der Waals surface area contributed by atoms with Gasteiger partial charge in [0.05, 0.1) is 17.4 Å². The van der Waals surface area contributed by atoms with Gasteiger partial charge < -0.3 is 5.32 Å². The molecular formula is C28H28ClN3O. The summed E-state index contributed by atoms with van der Waals surface area (Å²) >= 11 is 6.07. The topological polar surface area (TPSA) is 46.9 Å². The van der Waals surface area contributed by atoms with E-state index < -0.39 is 0 Å². The fraction of sp³-hybridized carbons (Fsp3) is 0.214. The van der Waals surface area contributed by atoms with Crippen LogP contribution in [0.4, 0.5) is 0 Å². The van der Waals surface area contributed by atoms with Crippen molar-refractivity contribution in [2.75, 3.05) is 0 Å². The smallest absolute Gasteiger partial charge is 0.252 e. The Morgan fingerprint density at radius 2 is 1.58 bits per heavy atom. The largest absolute Gasteiger partial charge is 0.341 e. The lowest BCUT2D eigenvalue weighted by Gasteiger charge is -2.20. The van der Waals surface area contributed by atoms with E-state index in [1.807, 2.05) is 83.5 Å². The van der Waals surface area contributed by atoms with Crippen molar-refractivity contribution in [3.63, 3.8) is 0 Å². The zero-order valence-electron chi connectivity index (χ0n) is 19.2. The van der Waals surface area contributed by atoms with Crippen LogP contribution in [0.2, 0.25) is 5.02 Å². The minimum atomic E-state index is -0.275. The number of nitrogens with zero attached hydrogens (tertiary/aromatic N) is 2. The second kappa shape index (κ2) is 10.1. The first-order valence-corrected chi connectivity index (χ1v) is 11.6. The molecule has 0 aliphatic heterocycles. The number of halogens is 1. The Balaban J connectivity index is 1.58. The summed E-state index contributed by atoms with van der Waals surface area (Å²) in [5.41, 5.74) is 7.05. The van der Waals surface area contributed by atoms with E-state index in [4.69, 9.17) is 16.7 Å². The molecule has 168 valence electrons. The number of aryl methyl sites for hydroxylation is 1. The zero-order valence-corrected chi connectivity index (χ0v) is 19.9. The Morgan fingerprint density at radius 3 is 2.21 bits per heavy atom. The van der Waals surface area contributed by atoms with Crippen LogP contribution in [0, 0.1) is 13.8 Å². The number of hydrogen-bond acceptors (Lipinski definition) is 2. The van der Waals surface area contributed by atoms with Crippen LogP contribution >= 0.6 is 11.6 Å². The first-order chi connectivity index (χ1) is 16.0. The number of rotatable bonds is 7. The SMILES string of the molecule is CCCc1c(C)nn(-c2ccc(C(=O)NC(c3ccccc3)c3ccc(Cl)cc3)cc2)c1C. The van der Waals surface area contributed by atoms with Crippen LogP contribution in [0.3, 0.4) is 0 Å². The maximum absolute atomic E-state index is 13.2. The summed E-state index contributed by atoms with van der Waals surface area (Å²) < 4.78 is 1.96. The molecule has 3 aromatic carbocycles. The molecule has 4 aromatic rings. The summed E-state index contributed by atoms with van der Waals surface area (Å²) in [6.45, 7) is 6.33. The molecule has 0 fully saturated rings. The maximum Gasteiger partial charge on any atom is 0.252 e. The minimum absolute atomic E-state index is 0.134. The highest BCUT2D eigenvalue weighted by Gasteiger charge is 2.18. The highest BCUT2D eigenvalue weighted by Crippen LogP contribution is 2.25. The molecule has 0 saturated heterocycles. The van der Waals surface area contributed by atoms with Gasteiger partial charge in [-0.1, -0.05) is 67.4 Å². The van der Waals surface area contributed by atoms with Crippen molar-refractivity contribution in [1.29, 1.82) is 0 Å². The van der Waals surface area contributed by atoms with E-state index in [-0.39, 0.29) is 11.9 Å². The van der Waals surface area contributed by atoms with Gasteiger partial charge in [-0.2, -0.15) is 5.10 Å². The van der Waals surface area contributed by atoms with Crippen LogP contribution in [0.15, 0.2) is 78.9 Å². The Labute approximate surface area is 200 Å². The van der Waals surface area contributed by atoms with Crippen molar-refractivity contribution in [3.8, 4) is 5.69 Å². The lowest BCUT2D eigenvalue weighted by molar-refractivity contribution is 0.0943. The molecule has 0 spiro atoms. The van der Waals surface area contributed by atoms with E-state index >= 15 is 0 Å². The molecule has 5 heteroatoms. The second-order valence-electron chi connectivity index (χ2n) is 8.23. The standard InChI is InChI=1S/C28H28ClN3O/c1-4-8-26-19(2)31-32(20(26)3)25-17-13-23(14-18-25)28(33)30-27(21-9-6-5-7-10-21)22-11-15-24(29)16-12-22/h5-7,9-18,27H,4,8H2,1-3H3,(H,30,33). The first-order valence-electron chi connectivity index (χ1n) is 11.2. The normalized spacial score (nSPS) is 11.9. The van der Waals surface area contributed by atoms with Gasteiger partial charge in [0.1, 0.15) is 0 Å². The van der Waals surface area contributed by atoms with Crippen molar-refractivity contribution < 1.29 is 4.79 Å². The highest BCUT2D eigenvalue weighted by atomic mass is 35.5. The molecule has 0 bridgehead atoms. The van der Waals surface area contributed by atoms with Gasteiger partial charge in [-0.25, -0.2) is 4.68 Å². The Kier molecular flexibility index (Phi) is 6.95. The maximum atomic E-state index is 13.2. The molecule has 1 atom stereocenters. The third-order valence-electron chi connectivity index (χ3n) is 5.93. The molecule has 0 aliphatic rings. The fourth-order valence-corrected chi connectivity index (χ4v) is 4.29. The van der Waals surface area contributed by atoms with Crippen LogP contribution in [0.25, 0.3) is 5.69 Å². The summed E-state index contributed by atoms with van der Waals surface area (Å²) in [7, 11) is 0. The average Bonchev–Trinajstić information content (AvgIpc) is 3.12. The Morgan fingerprint density at radius 1 is 0.939 bits per heavy atom. The predicted molar refractivity (Wildman–Crippen MR) is 134 cm³/mol. The zero-order chi connectivity index (χ0) is 23.4. The Bertz CT molecular complexity index is 1230. The lowest BCUT2D eigenvalue weighted by atomic mass is 9.98. The van der Waals surface area contributed by atoms with Crippen LogP contribution in [-0.4, -0.2) is 15.7 Å². The van der Waals surface area contributed by atoms with Gasteiger partial charge in [-0.3, -0.25) is 4.79 Å². The van der Waals surface area contributed by atoms with Gasteiger partial charge in [0.25, 0.3) is 5.91 Å². The van der Waals surface area contributed by atoms with Gasteiger partial charge >= 0.3 is 0 Å². The molecule has 33 heavy (non-hydrogen) atoms. The van der Waals surface area contributed by atoms with Gasteiger partial charge in [-0.05, 0) is 73.4 Å². The third-order valence-corrected chi connectivity index (χ3v) is 6.18. The number of amides is 1. The van der Waals surface area contributed by atoms with Crippen LogP contribution in [-0.2, 0) is 6.42 Å². The molecule has 1 N–H and O–H groups in total. The second-order valence-corrected chi connectivity index (χ2v) is 8.66. The van der Waals surface area contributed by atoms with Gasteiger partial charge in [-0.15, -0.1) is 0 Å². The van der Waals surface area contributed by atoms with Gasteiger partial charge in [0.2, 0.25) is 0 Å². The number of benzene rings is 3. The summed E-state index contributed by atoms with van der Waals surface area (Å²) in [6.07, 6.45) is 2.10. The van der Waals surface area contributed by atoms with Crippen molar-refractivity contribution in [2.45, 2.75) is 39.7 Å². The molecule has 0 aliphatic carbocycles. The lowest BCUT2D eigenvalue weighted by Crippen LogP contribution is -2.29. The highest BCUT2D eigenvalue weighted by molar-refractivity contribution is 6.30. The van der Waals surface area contributed by atoms with E-state index in [1.165, 1.54) is 5.56 Å². The van der Waals surface area contributed by atoms with E-state index in [0.717, 1.165) is 41.0 Å². The van der Waals surface area contributed by atoms with E-state index in [1.54, 1.807) is 0 Å². The summed E-state index contributed by atoms with van der Waals surface area (Å²) in [6, 6.07) is 24.8. The molecule has 0 radical (unpaired) electrons. The number of carbonyl (C=O) groups excluding carboxylic acids is 1. The molecule has 1 aromatic heterocycles.